The number of aromatic nitrogens is 1. The number of aldehydes is 1. The first-order chi connectivity index (χ1) is 9.33. The summed E-state index contributed by atoms with van der Waals surface area (Å²) in [6, 6.07) is 13.6. The van der Waals surface area contributed by atoms with E-state index in [1.54, 1.807) is 0 Å². The number of pyridine rings is 1. The summed E-state index contributed by atoms with van der Waals surface area (Å²) in [6.45, 7) is 4.54. The predicted octanol–water partition coefficient (Wildman–Crippen LogP) is 3.14. The van der Waals surface area contributed by atoms with Gasteiger partial charge < -0.3 is 0 Å². The fourth-order valence-electron chi connectivity index (χ4n) is 1.81. The van der Waals surface area contributed by atoms with Crippen LogP contribution in [-0.4, -0.2) is 6.29 Å². The molecule has 2 aromatic rings. The lowest BCUT2D eigenvalue weighted by Gasteiger charge is -1.97. The summed E-state index contributed by atoms with van der Waals surface area (Å²) in [7, 11) is 0. The lowest BCUT2D eigenvalue weighted by Crippen LogP contribution is -2.35. The van der Waals surface area contributed by atoms with Gasteiger partial charge >= 0.3 is 0 Å². The number of carbonyl (C=O) groups excluding carboxylic acids is 1. The van der Waals surface area contributed by atoms with Crippen LogP contribution < -0.4 is 4.57 Å². The van der Waals surface area contributed by atoms with Gasteiger partial charge in [0.2, 0.25) is 5.69 Å². The van der Waals surface area contributed by atoms with Gasteiger partial charge in [0.1, 0.15) is 6.29 Å². The van der Waals surface area contributed by atoms with Crippen molar-refractivity contribution in [3.8, 4) is 0 Å². The number of nitrogens with zero attached hydrogens (tertiary/aromatic N) is 1. The summed E-state index contributed by atoms with van der Waals surface area (Å²) in [4.78, 5) is 10.6. The van der Waals surface area contributed by atoms with Gasteiger partial charge in [-0.15, -0.1) is 0 Å². The Hall–Kier alpha value is -2.48. The first kappa shape index (κ1) is 13.0. The molecule has 1 aromatic heterocycles. The lowest BCUT2D eigenvalue weighted by atomic mass is 10.1. The smallest absolute Gasteiger partial charge is 0.205 e. The molecular weight excluding hydrogens is 234 g/mol. The molecule has 94 valence electrons. The van der Waals surface area contributed by atoms with E-state index in [1.165, 1.54) is 0 Å². The van der Waals surface area contributed by atoms with Gasteiger partial charge in [0.25, 0.3) is 0 Å². The quantitative estimate of drug-likeness (QED) is 0.453. The van der Waals surface area contributed by atoms with E-state index in [-0.39, 0.29) is 0 Å². The van der Waals surface area contributed by atoms with Gasteiger partial charge in [0, 0.05) is 23.8 Å². The highest BCUT2D eigenvalue weighted by Crippen LogP contribution is 2.07. The average Bonchev–Trinajstić information content (AvgIpc) is 2.47. The minimum atomic E-state index is 0.693. The Bertz CT molecular complexity index is 597. The second-order valence-electron chi connectivity index (χ2n) is 4.18. The van der Waals surface area contributed by atoms with Gasteiger partial charge in [-0.25, -0.2) is 0 Å². The standard InChI is InChI=1S/C17H16NO/c1-2-12-18-13-4-3-5-17(18)11-10-15-6-8-16(14-19)9-7-15/h2-11,13-14H,1,12H2/q+1/b11-10+. The summed E-state index contributed by atoms with van der Waals surface area (Å²) in [6.07, 6.45) is 8.83. The molecule has 2 heteroatoms. The van der Waals surface area contributed by atoms with E-state index in [2.05, 4.69) is 23.3 Å². The highest BCUT2D eigenvalue weighted by atomic mass is 16.1. The van der Waals surface area contributed by atoms with Crippen molar-refractivity contribution in [3.05, 3.63) is 78.1 Å². The number of benzene rings is 1. The molecule has 0 unspecified atom stereocenters. The molecule has 0 fully saturated rings. The zero-order valence-corrected chi connectivity index (χ0v) is 10.7. The molecule has 0 saturated heterocycles. The molecule has 2 rings (SSSR count). The number of rotatable bonds is 5. The van der Waals surface area contributed by atoms with Gasteiger partial charge in [-0.05, 0) is 23.8 Å². The van der Waals surface area contributed by atoms with Crippen molar-refractivity contribution in [1.29, 1.82) is 0 Å². The summed E-state index contributed by atoms with van der Waals surface area (Å²) in [5.74, 6) is 0. The summed E-state index contributed by atoms with van der Waals surface area (Å²) >= 11 is 0. The van der Waals surface area contributed by atoms with Crippen LogP contribution in [0, 0.1) is 0 Å². The van der Waals surface area contributed by atoms with E-state index >= 15 is 0 Å². The molecule has 19 heavy (non-hydrogen) atoms. The van der Waals surface area contributed by atoms with Crippen molar-refractivity contribution in [3.63, 3.8) is 0 Å². The third-order valence-corrected chi connectivity index (χ3v) is 2.82. The van der Waals surface area contributed by atoms with Crippen molar-refractivity contribution in [1.82, 2.24) is 0 Å². The van der Waals surface area contributed by atoms with Gasteiger partial charge in [0.15, 0.2) is 12.7 Å². The topological polar surface area (TPSA) is 20.9 Å². The third kappa shape index (κ3) is 3.49. The minimum absolute atomic E-state index is 0.693. The minimum Gasteiger partial charge on any atom is -0.298 e. The SMILES string of the molecule is C=CC[n+]1ccccc1/C=C/c1ccc(C=O)cc1. The molecular formula is C17H16NO+. The predicted molar refractivity (Wildman–Crippen MR) is 77.6 cm³/mol. The van der Waals surface area contributed by atoms with Crippen LogP contribution in [0.2, 0.25) is 0 Å². The molecule has 1 heterocycles. The van der Waals surface area contributed by atoms with Crippen molar-refractivity contribution in [2.45, 2.75) is 6.54 Å². The Morgan fingerprint density at radius 2 is 1.74 bits per heavy atom. The molecule has 0 radical (unpaired) electrons. The molecule has 0 bridgehead atoms. The molecule has 0 aliphatic carbocycles. The van der Waals surface area contributed by atoms with Crippen LogP contribution in [0.1, 0.15) is 21.6 Å². The van der Waals surface area contributed by atoms with Gasteiger partial charge in [-0.2, -0.15) is 4.57 Å². The number of carbonyl (C=O) groups is 1. The molecule has 0 aliphatic rings. The second kappa shape index (κ2) is 6.45. The number of hydrogen-bond acceptors (Lipinski definition) is 1. The molecule has 0 atom stereocenters. The second-order valence-corrected chi connectivity index (χ2v) is 4.18. The van der Waals surface area contributed by atoms with Crippen LogP contribution in [0.4, 0.5) is 0 Å². The number of allylic oxidation sites excluding steroid dienone is 1. The zero-order chi connectivity index (χ0) is 13.5. The van der Waals surface area contributed by atoms with Gasteiger partial charge in [-0.3, -0.25) is 4.79 Å². The monoisotopic (exact) mass is 250 g/mol. The Balaban J connectivity index is 2.21. The summed E-state index contributed by atoms with van der Waals surface area (Å²) in [5.41, 5.74) is 2.88. The maximum Gasteiger partial charge on any atom is 0.205 e. The van der Waals surface area contributed by atoms with E-state index in [0.717, 1.165) is 24.1 Å². The molecule has 2 nitrogen and oxygen atoms in total. The van der Waals surface area contributed by atoms with Crippen LogP contribution in [-0.2, 0) is 6.54 Å². The van der Waals surface area contributed by atoms with Crippen LogP contribution in [0.15, 0.2) is 61.3 Å². The van der Waals surface area contributed by atoms with Crippen molar-refractivity contribution in [2.75, 3.05) is 0 Å². The Morgan fingerprint density at radius 1 is 1.00 bits per heavy atom. The molecule has 0 amide bonds. The first-order valence-electron chi connectivity index (χ1n) is 6.16. The van der Waals surface area contributed by atoms with Crippen LogP contribution >= 0.6 is 0 Å². The number of hydrogen-bond donors (Lipinski definition) is 0. The highest BCUT2D eigenvalue weighted by molar-refractivity contribution is 5.76. The zero-order valence-electron chi connectivity index (χ0n) is 10.7. The average molecular weight is 250 g/mol. The van der Waals surface area contributed by atoms with Crippen LogP contribution in [0.3, 0.4) is 0 Å². The van der Waals surface area contributed by atoms with Crippen molar-refractivity contribution >= 4 is 18.4 Å². The van der Waals surface area contributed by atoms with Gasteiger partial charge in [0.05, 0.1) is 0 Å². The summed E-state index contributed by atoms with van der Waals surface area (Å²) < 4.78 is 2.11. The Kier molecular flexibility index (Phi) is 4.40. The van der Waals surface area contributed by atoms with E-state index in [0.29, 0.717) is 5.56 Å². The largest absolute Gasteiger partial charge is 0.298 e. The third-order valence-electron chi connectivity index (χ3n) is 2.82. The van der Waals surface area contributed by atoms with E-state index < -0.39 is 0 Å². The molecule has 0 N–H and O–H groups in total. The maximum atomic E-state index is 10.6. The van der Waals surface area contributed by atoms with E-state index in [9.17, 15) is 4.79 Å². The summed E-state index contributed by atoms with van der Waals surface area (Å²) in [5, 5.41) is 0. The lowest BCUT2D eigenvalue weighted by molar-refractivity contribution is -0.688. The fraction of sp³-hybridized carbons (Fsp3) is 0.0588. The van der Waals surface area contributed by atoms with Crippen molar-refractivity contribution in [2.24, 2.45) is 0 Å². The van der Waals surface area contributed by atoms with E-state index in [1.807, 2.05) is 54.7 Å². The van der Waals surface area contributed by atoms with Crippen molar-refractivity contribution < 1.29 is 9.36 Å². The first-order valence-corrected chi connectivity index (χ1v) is 6.16. The normalized spacial score (nSPS) is 10.5. The molecule has 0 spiro atoms. The molecule has 1 aromatic carbocycles. The Labute approximate surface area is 113 Å². The molecule has 0 saturated carbocycles. The highest BCUT2D eigenvalue weighted by Gasteiger charge is 2.02. The Morgan fingerprint density at radius 3 is 2.42 bits per heavy atom. The van der Waals surface area contributed by atoms with Crippen LogP contribution in [0.5, 0.6) is 0 Å². The van der Waals surface area contributed by atoms with Crippen LogP contribution in [0.25, 0.3) is 12.2 Å². The maximum absolute atomic E-state index is 10.6. The van der Waals surface area contributed by atoms with Gasteiger partial charge in [-0.1, -0.05) is 30.8 Å². The van der Waals surface area contributed by atoms with E-state index in [4.69, 9.17) is 0 Å². The molecule has 0 aliphatic heterocycles. The fourth-order valence-corrected chi connectivity index (χ4v) is 1.81.